The second kappa shape index (κ2) is 10.5. The zero-order valence-corrected chi connectivity index (χ0v) is 20.6. The van der Waals surface area contributed by atoms with Crippen molar-refractivity contribution in [2.24, 2.45) is 0 Å². The molecule has 0 N–H and O–H groups in total. The van der Waals surface area contributed by atoms with Gasteiger partial charge in [-0.2, -0.15) is 5.26 Å². The first kappa shape index (κ1) is 23.4. The van der Waals surface area contributed by atoms with Crippen LogP contribution in [0.4, 0.5) is 5.88 Å². The highest BCUT2D eigenvalue weighted by Gasteiger charge is 2.26. The van der Waals surface area contributed by atoms with Gasteiger partial charge < -0.3 is 14.2 Å². The van der Waals surface area contributed by atoms with E-state index in [0.717, 1.165) is 36.3 Å². The third-order valence-electron chi connectivity index (χ3n) is 6.34. The van der Waals surface area contributed by atoms with E-state index >= 15 is 0 Å². The number of hydrogen-bond donors (Lipinski definition) is 0. The summed E-state index contributed by atoms with van der Waals surface area (Å²) in [6.07, 6.45) is 2.44. The third-order valence-corrected chi connectivity index (χ3v) is 7.26. The molecule has 10 nitrogen and oxygen atoms in total. The number of nitrogens with zero attached hydrogens (tertiary/aromatic N) is 8. The summed E-state index contributed by atoms with van der Waals surface area (Å²) in [7, 11) is 0. The molecule has 1 aromatic carbocycles. The molecule has 0 saturated carbocycles. The maximum absolute atomic E-state index is 13.0. The van der Waals surface area contributed by atoms with Crippen LogP contribution in [0.2, 0.25) is 0 Å². The predicted molar refractivity (Wildman–Crippen MR) is 131 cm³/mol. The van der Waals surface area contributed by atoms with Crippen LogP contribution in [0.3, 0.4) is 0 Å². The Bertz CT molecular complexity index is 1200. The fourth-order valence-corrected chi connectivity index (χ4v) is 5.43. The molecule has 0 unspecified atom stereocenters. The number of nitriles is 1. The number of aryl methyl sites for hydroxylation is 1. The van der Waals surface area contributed by atoms with E-state index in [1.807, 2.05) is 40.1 Å². The average Bonchev–Trinajstić information content (AvgIpc) is 3.63. The summed E-state index contributed by atoms with van der Waals surface area (Å²) < 4.78 is 7.69. The first-order valence-electron chi connectivity index (χ1n) is 11.9. The molecule has 1 amide bonds. The van der Waals surface area contributed by atoms with Crippen LogP contribution in [0, 0.1) is 18.3 Å². The summed E-state index contributed by atoms with van der Waals surface area (Å²) >= 11 is 1.42. The molecule has 182 valence electrons. The van der Waals surface area contributed by atoms with Crippen LogP contribution in [0.5, 0.6) is 0 Å². The van der Waals surface area contributed by atoms with E-state index in [0.29, 0.717) is 49.4 Å². The maximum Gasteiger partial charge on any atom is 0.234 e. The zero-order chi connectivity index (χ0) is 24.2. The molecule has 2 aliphatic rings. The standard InChI is InChI=1S/C24H28N8O2S/c1-18-26-20(15-25)23(34-18)31-13-11-30(12-14-31)22(33)17-35-24-28-27-21(16-29-9-5-6-10-29)32(24)19-7-3-2-4-8-19/h2-4,7-8H,5-6,9-14,16-17H2,1H3. The van der Waals surface area contributed by atoms with Crippen LogP contribution >= 0.6 is 11.8 Å². The van der Waals surface area contributed by atoms with Crippen LogP contribution in [0.15, 0.2) is 39.9 Å². The van der Waals surface area contributed by atoms with E-state index in [-0.39, 0.29) is 5.91 Å². The van der Waals surface area contributed by atoms with E-state index in [1.165, 1.54) is 24.6 Å². The number of carbonyl (C=O) groups is 1. The summed E-state index contributed by atoms with van der Waals surface area (Å²) in [5, 5.41) is 18.9. The van der Waals surface area contributed by atoms with Gasteiger partial charge in [0.05, 0.1) is 12.3 Å². The number of carbonyl (C=O) groups excluding carboxylic acids is 1. The van der Waals surface area contributed by atoms with Crippen molar-refractivity contribution in [2.75, 3.05) is 49.9 Å². The van der Waals surface area contributed by atoms with Gasteiger partial charge in [-0.25, -0.2) is 4.98 Å². The Morgan fingerprint density at radius 1 is 1.09 bits per heavy atom. The van der Waals surface area contributed by atoms with Gasteiger partial charge in [0.25, 0.3) is 0 Å². The molecule has 5 rings (SSSR count). The van der Waals surface area contributed by atoms with Gasteiger partial charge in [0.2, 0.25) is 17.5 Å². The molecule has 2 aromatic heterocycles. The Hall–Kier alpha value is -3.36. The van der Waals surface area contributed by atoms with E-state index in [4.69, 9.17) is 4.42 Å². The van der Waals surface area contributed by atoms with E-state index in [2.05, 4.69) is 30.7 Å². The number of likely N-dealkylation sites (tertiary alicyclic amines) is 1. The molecule has 4 heterocycles. The number of oxazole rings is 1. The van der Waals surface area contributed by atoms with E-state index in [9.17, 15) is 10.1 Å². The normalized spacial score (nSPS) is 16.6. The molecule has 2 saturated heterocycles. The number of benzene rings is 1. The Morgan fingerprint density at radius 3 is 2.54 bits per heavy atom. The van der Waals surface area contributed by atoms with E-state index < -0.39 is 0 Å². The molecule has 11 heteroatoms. The number of thioether (sulfide) groups is 1. The smallest absolute Gasteiger partial charge is 0.234 e. The molecule has 0 aliphatic carbocycles. The van der Waals surface area contributed by atoms with Gasteiger partial charge in [-0.1, -0.05) is 30.0 Å². The van der Waals surface area contributed by atoms with Crippen LogP contribution in [0.1, 0.15) is 30.3 Å². The van der Waals surface area contributed by atoms with Gasteiger partial charge in [0.15, 0.2) is 16.9 Å². The minimum absolute atomic E-state index is 0.0626. The molecule has 2 aliphatic heterocycles. The highest BCUT2D eigenvalue weighted by Crippen LogP contribution is 2.25. The molecule has 2 fully saturated rings. The number of anilines is 1. The van der Waals surface area contributed by atoms with Gasteiger partial charge in [0.1, 0.15) is 6.07 Å². The minimum Gasteiger partial charge on any atom is -0.424 e. The Balaban J connectivity index is 1.23. The quantitative estimate of drug-likeness (QED) is 0.460. The monoisotopic (exact) mass is 492 g/mol. The lowest BCUT2D eigenvalue weighted by Gasteiger charge is -2.34. The topological polar surface area (TPSA) is 107 Å². The largest absolute Gasteiger partial charge is 0.424 e. The van der Waals surface area contributed by atoms with Crippen LogP contribution < -0.4 is 4.90 Å². The molecular weight excluding hydrogens is 464 g/mol. The maximum atomic E-state index is 13.0. The van der Waals surface area contributed by atoms with Crippen molar-refractivity contribution in [3.8, 4) is 11.8 Å². The summed E-state index contributed by atoms with van der Waals surface area (Å²) in [5.74, 6) is 2.22. The lowest BCUT2D eigenvalue weighted by molar-refractivity contribution is -0.128. The number of rotatable bonds is 7. The predicted octanol–water partition coefficient (Wildman–Crippen LogP) is 2.47. The Kier molecular flexibility index (Phi) is 7.01. The molecule has 3 aromatic rings. The van der Waals surface area contributed by atoms with Crippen molar-refractivity contribution >= 4 is 23.6 Å². The minimum atomic E-state index is 0.0626. The summed E-state index contributed by atoms with van der Waals surface area (Å²) in [6.45, 7) is 6.97. The van der Waals surface area contributed by atoms with Gasteiger partial charge in [-0.15, -0.1) is 10.2 Å². The summed E-state index contributed by atoms with van der Waals surface area (Å²) in [4.78, 5) is 23.4. The van der Waals surface area contributed by atoms with Crippen molar-refractivity contribution in [1.82, 2.24) is 29.5 Å². The molecule has 0 spiro atoms. The molecule has 0 bridgehead atoms. The second-order valence-corrected chi connectivity index (χ2v) is 9.65. The van der Waals surface area contributed by atoms with Crippen LogP contribution in [-0.4, -0.2) is 80.5 Å². The average molecular weight is 493 g/mol. The fourth-order valence-electron chi connectivity index (χ4n) is 4.55. The molecule has 35 heavy (non-hydrogen) atoms. The lowest BCUT2D eigenvalue weighted by atomic mass is 10.3. The lowest BCUT2D eigenvalue weighted by Crippen LogP contribution is -2.49. The van der Waals surface area contributed by atoms with Crippen molar-refractivity contribution in [2.45, 2.75) is 31.5 Å². The fraction of sp³-hybridized carbons (Fsp3) is 0.458. The van der Waals surface area contributed by atoms with Crippen molar-refractivity contribution in [3.63, 3.8) is 0 Å². The van der Waals surface area contributed by atoms with E-state index in [1.54, 1.807) is 6.92 Å². The van der Waals surface area contributed by atoms with Crippen molar-refractivity contribution in [3.05, 3.63) is 47.7 Å². The third kappa shape index (κ3) is 5.18. The summed E-state index contributed by atoms with van der Waals surface area (Å²) in [5.41, 5.74) is 1.30. The molecule has 0 radical (unpaired) electrons. The second-order valence-electron chi connectivity index (χ2n) is 8.71. The molecular formula is C24H28N8O2S. The Morgan fingerprint density at radius 2 is 1.83 bits per heavy atom. The van der Waals surface area contributed by atoms with Gasteiger partial charge in [-0.05, 0) is 38.1 Å². The summed E-state index contributed by atoms with van der Waals surface area (Å²) in [6, 6.07) is 12.2. The number of para-hydroxylation sites is 1. The highest BCUT2D eigenvalue weighted by molar-refractivity contribution is 7.99. The SMILES string of the molecule is Cc1nc(C#N)c(N2CCN(C(=O)CSc3nnc(CN4CCCC4)n3-c3ccccc3)CC2)o1. The van der Waals surface area contributed by atoms with Gasteiger partial charge in [0, 0.05) is 38.8 Å². The number of hydrogen-bond acceptors (Lipinski definition) is 9. The van der Waals surface area contributed by atoms with Crippen molar-refractivity contribution in [1.29, 1.82) is 5.26 Å². The Labute approximate surface area is 208 Å². The van der Waals surface area contributed by atoms with Crippen LogP contribution in [-0.2, 0) is 11.3 Å². The first-order chi connectivity index (χ1) is 17.1. The zero-order valence-electron chi connectivity index (χ0n) is 19.8. The van der Waals surface area contributed by atoms with Gasteiger partial charge in [-0.3, -0.25) is 14.3 Å². The van der Waals surface area contributed by atoms with Gasteiger partial charge >= 0.3 is 0 Å². The number of amides is 1. The first-order valence-corrected chi connectivity index (χ1v) is 12.9. The number of aromatic nitrogens is 4. The highest BCUT2D eigenvalue weighted by atomic mass is 32.2. The van der Waals surface area contributed by atoms with Crippen LogP contribution in [0.25, 0.3) is 5.69 Å². The molecule has 0 atom stereocenters. The van der Waals surface area contributed by atoms with Crippen molar-refractivity contribution < 1.29 is 9.21 Å². The number of piperazine rings is 1.